The van der Waals surface area contributed by atoms with Gasteiger partial charge in [-0.15, -0.1) is 0 Å². The monoisotopic (exact) mass is 204 g/mol. The maximum Gasteiger partial charge on any atom is 0.171 e. The molecule has 0 N–H and O–H groups in total. The van der Waals surface area contributed by atoms with Crippen molar-refractivity contribution in [1.29, 1.82) is 0 Å². The highest BCUT2D eigenvalue weighted by Gasteiger charge is 2.28. The molecule has 1 aliphatic rings. The molecule has 0 spiro atoms. The number of Topliss-reactive ketones (excluding diaryl/α,β-unsaturated/α-hetero) is 1. The molecule has 0 saturated carbocycles. The van der Waals surface area contributed by atoms with Gasteiger partial charge in [0.05, 0.1) is 12.2 Å². The fourth-order valence-electron chi connectivity index (χ4n) is 1.80. The molecule has 0 saturated heterocycles. The quantitative estimate of drug-likeness (QED) is 0.657. The average Bonchev–Trinajstić information content (AvgIpc) is 2.62. The second kappa shape index (κ2) is 3.37. The molecule has 0 bridgehead atoms. The number of ether oxygens (including phenoxy) is 1. The number of hydrogen-bond acceptors (Lipinski definition) is 2. The van der Waals surface area contributed by atoms with Gasteiger partial charge in [0.15, 0.2) is 5.78 Å². The number of hydrogen-bond donors (Lipinski definition) is 0. The van der Waals surface area contributed by atoms with E-state index in [2.05, 4.69) is 0 Å². The first-order chi connectivity index (χ1) is 7.00. The summed E-state index contributed by atoms with van der Waals surface area (Å²) in [5.74, 6) is 0.957. The highest BCUT2D eigenvalue weighted by molar-refractivity contribution is 6.02. The van der Waals surface area contributed by atoms with Gasteiger partial charge in [-0.05, 0) is 11.6 Å². The SMILES string of the molecule is CC(C)(C)C(=O)c1cccc2c1OCC2. The van der Waals surface area contributed by atoms with Crippen molar-refractivity contribution in [1.82, 2.24) is 0 Å². The lowest BCUT2D eigenvalue weighted by atomic mass is 9.85. The van der Waals surface area contributed by atoms with Crippen LogP contribution in [0.4, 0.5) is 0 Å². The summed E-state index contributed by atoms with van der Waals surface area (Å²) in [4.78, 5) is 12.1. The van der Waals surface area contributed by atoms with Gasteiger partial charge < -0.3 is 4.74 Å². The molecule has 1 aromatic carbocycles. The average molecular weight is 204 g/mol. The van der Waals surface area contributed by atoms with E-state index >= 15 is 0 Å². The summed E-state index contributed by atoms with van der Waals surface area (Å²) in [6.07, 6.45) is 0.917. The summed E-state index contributed by atoms with van der Waals surface area (Å²) in [6, 6.07) is 5.83. The summed E-state index contributed by atoms with van der Waals surface area (Å²) < 4.78 is 5.53. The van der Waals surface area contributed by atoms with Gasteiger partial charge in [-0.1, -0.05) is 32.9 Å². The summed E-state index contributed by atoms with van der Waals surface area (Å²) in [5, 5.41) is 0. The van der Waals surface area contributed by atoms with E-state index in [1.165, 1.54) is 0 Å². The summed E-state index contributed by atoms with van der Waals surface area (Å²) >= 11 is 0. The van der Waals surface area contributed by atoms with Crippen LogP contribution in [0, 0.1) is 5.41 Å². The van der Waals surface area contributed by atoms with Gasteiger partial charge in [-0.2, -0.15) is 0 Å². The molecule has 1 heterocycles. The van der Waals surface area contributed by atoms with Crippen LogP contribution in [0.15, 0.2) is 18.2 Å². The molecule has 80 valence electrons. The number of benzene rings is 1. The van der Waals surface area contributed by atoms with Crippen LogP contribution >= 0.6 is 0 Å². The van der Waals surface area contributed by atoms with E-state index in [0.29, 0.717) is 6.61 Å². The van der Waals surface area contributed by atoms with Crippen molar-refractivity contribution in [2.45, 2.75) is 27.2 Å². The van der Waals surface area contributed by atoms with E-state index in [1.54, 1.807) is 0 Å². The second-order valence-electron chi connectivity index (χ2n) is 4.97. The molecule has 1 aliphatic heterocycles. The fourth-order valence-corrected chi connectivity index (χ4v) is 1.80. The summed E-state index contributed by atoms with van der Waals surface area (Å²) in [6.45, 7) is 6.50. The van der Waals surface area contributed by atoms with Crippen molar-refractivity contribution in [3.63, 3.8) is 0 Å². The first kappa shape index (κ1) is 10.2. The van der Waals surface area contributed by atoms with E-state index < -0.39 is 0 Å². The summed E-state index contributed by atoms with van der Waals surface area (Å²) in [5.41, 5.74) is 1.55. The lowest BCUT2D eigenvalue weighted by Crippen LogP contribution is -2.20. The van der Waals surface area contributed by atoms with Crippen molar-refractivity contribution >= 4 is 5.78 Å². The minimum Gasteiger partial charge on any atom is -0.492 e. The number of ketones is 1. The van der Waals surface area contributed by atoms with Crippen LogP contribution in [-0.4, -0.2) is 12.4 Å². The minimum absolute atomic E-state index is 0.154. The first-order valence-corrected chi connectivity index (χ1v) is 5.29. The van der Waals surface area contributed by atoms with E-state index in [1.807, 2.05) is 39.0 Å². The molecule has 0 atom stereocenters. The van der Waals surface area contributed by atoms with Crippen molar-refractivity contribution in [2.75, 3.05) is 6.61 Å². The molecule has 0 aromatic heterocycles. The predicted molar refractivity (Wildman–Crippen MR) is 59.4 cm³/mol. The van der Waals surface area contributed by atoms with Crippen LogP contribution in [0.3, 0.4) is 0 Å². The Morgan fingerprint density at radius 2 is 2.07 bits per heavy atom. The third-order valence-electron chi connectivity index (χ3n) is 2.64. The maximum atomic E-state index is 12.1. The van der Waals surface area contributed by atoms with Crippen molar-refractivity contribution in [3.8, 4) is 5.75 Å². The molecule has 1 aromatic rings. The zero-order valence-electron chi connectivity index (χ0n) is 9.46. The van der Waals surface area contributed by atoms with Crippen LogP contribution in [-0.2, 0) is 6.42 Å². The normalized spacial score (nSPS) is 14.6. The van der Waals surface area contributed by atoms with Gasteiger partial charge >= 0.3 is 0 Å². The van der Waals surface area contributed by atoms with Crippen molar-refractivity contribution < 1.29 is 9.53 Å². The molecule has 0 radical (unpaired) electrons. The minimum atomic E-state index is -0.346. The van der Waals surface area contributed by atoms with Crippen molar-refractivity contribution in [2.24, 2.45) is 5.41 Å². The van der Waals surface area contributed by atoms with Crippen LogP contribution in [0.1, 0.15) is 36.7 Å². The van der Waals surface area contributed by atoms with E-state index in [0.717, 1.165) is 23.3 Å². The van der Waals surface area contributed by atoms with Gasteiger partial charge in [0.2, 0.25) is 0 Å². The molecular formula is C13H16O2. The van der Waals surface area contributed by atoms with Gasteiger partial charge in [-0.3, -0.25) is 4.79 Å². The number of carbonyl (C=O) groups is 1. The number of fused-ring (bicyclic) bond motifs is 1. The molecular weight excluding hydrogens is 188 g/mol. The van der Waals surface area contributed by atoms with Gasteiger partial charge in [0.25, 0.3) is 0 Å². The van der Waals surface area contributed by atoms with Gasteiger partial charge in [0, 0.05) is 11.8 Å². The van der Waals surface area contributed by atoms with E-state index in [4.69, 9.17) is 4.74 Å². The zero-order chi connectivity index (χ0) is 11.1. The Morgan fingerprint density at radius 3 is 2.73 bits per heavy atom. The highest BCUT2D eigenvalue weighted by Crippen LogP contribution is 2.33. The molecule has 0 aliphatic carbocycles. The third-order valence-corrected chi connectivity index (χ3v) is 2.64. The predicted octanol–water partition coefficient (Wildman–Crippen LogP) is 2.85. The Balaban J connectivity index is 2.46. The molecule has 2 nitrogen and oxygen atoms in total. The van der Waals surface area contributed by atoms with Crippen LogP contribution in [0.25, 0.3) is 0 Å². The van der Waals surface area contributed by atoms with E-state index in [-0.39, 0.29) is 11.2 Å². The Labute approximate surface area is 90.3 Å². The zero-order valence-corrected chi connectivity index (χ0v) is 9.46. The van der Waals surface area contributed by atoms with Gasteiger partial charge in [0.1, 0.15) is 5.75 Å². The molecule has 0 amide bonds. The highest BCUT2D eigenvalue weighted by atomic mass is 16.5. The van der Waals surface area contributed by atoms with E-state index in [9.17, 15) is 4.79 Å². The lowest BCUT2D eigenvalue weighted by Gasteiger charge is -2.18. The smallest absolute Gasteiger partial charge is 0.171 e. The Morgan fingerprint density at radius 1 is 1.33 bits per heavy atom. The summed E-state index contributed by atoms with van der Waals surface area (Å²) in [7, 11) is 0. The Hall–Kier alpha value is -1.31. The first-order valence-electron chi connectivity index (χ1n) is 5.29. The number of para-hydroxylation sites is 1. The fraction of sp³-hybridized carbons (Fsp3) is 0.462. The molecule has 0 fully saturated rings. The molecule has 0 unspecified atom stereocenters. The third kappa shape index (κ3) is 1.76. The Kier molecular flexibility index (Phi) is 2.29. The van der Waals surface area contributed by atoms with Crippen LogP contribution < -0.4 is 4.74 Å². The number of rotatable bonds is 1. The Bertz CT molecular complexity index is 399. The lowest BCUT2D eigenvalue weighted by molar-refractivity contribution is 0.0855. The van der Waals surface area contributed by atoms with Crippen LogP contribution in [0.5, 0.6) is 5.75 Å². The van der Waals surface area contributed by atoms with Crippen molar-refractivity contribution in [3.05, 3.63) is 29.3 Å². The largest absolute Gasteiger partial charge is 0.492 e. The number of carbonyl (C=O) groups excluding carboxylic acids is 1. The molecule has 2 heteroatoms. The van der Waals surface area contributed by atoms with Gasteiger partial charge in [-0.25, -0.2) is 0 Å². The maximum absolute atomic E-state index is 12.1. The molecule has 15 heavy (non-hydrogen) atoms. The second-order valence-corrected chi connectivity index (χ2v) is 4.97. The molecule has 2 rings (SSSR count). The standard InChI is InChI=1S/C13H16O2/c1-13(2,3)12(14)10-6-4-5-9-7-8-15-11(9)10/h4-6H,7-8H2,1-3H3. The topological polar surface area (TPSA) is 26.3 Å². The van der Waals surface area contributed by atoms with Crippen LogP contribution in [0.2, 0.25) is 0 Å².